The van der Waals surface area contributed by atoms with Crippen LogP contribution in [0.15, 0.2) is 70.8 Å². The second kappa shape index (κ2) is 8.52. The van der Waals surface area contributed by atoms with Crippen molar-refractivity contribution in [3.8, 4) is 0 Å². The van der Waals surface area contributed by atoms with Crippen molar-refractivity contribution in [2.45, 2.75) is 12.8 Å². The molecule has 1 aromatic heterocycles. The first-order valence-electron chi connectivity index (χ1n) is 8.27. The van der Waals surface area contributed by atoms with Crippen molar-refractivity contribution in [1.29, 1.82) is 0 Å². The number of nitrogens with one attached hydrogen (secondary N) is 2. The lowest BCUT2D eigenvalue weighted by Crippen LogP contribution is -2.33. The van der Waals surface area contributed by atoms with Crippen molar-refractivity contribution in [3.63, 3.8) is 0 Å². The molecule has 0 unspecified atom stereocenters. The third kappa shape index (κ3) is 4.85. The molecule has 3 rings (SSSR count). The van der Waals surface area contributed by atoms with Gasteiger partial charge in [-0.25, -0.2) is 15.1 Å². The first-order valence-corrected chi connectivity index (χ1v) is 8.27. The number of benzene rings is 2. The summed E-state index contributed by atoms with van der Waals surface area (Å²) in [5.74, 6) is -0.877. The van der Waals surface area contributed by atoms with Gasteiger partial charge in [-0.2, -0.15) is 5.10 Å². The number of rotatable bonds is 6. The van der Waals surface area contributed by atoms with Crippen LogP contribution < -0.4 is 16.4 Å². The molecular weight excluding hydrogens is 346 g/mol. The van der Waals surface area contributed by atoms with Crippen molar-refractivity contribution in [1.82, 2.24) is 15.1 Å². The van der Waals surface area contributed by atoms with Crippen LogP contribution in [0, 0.1) is 0 Å². The van der Waals surface area contributed by atoms with Crippen LogP contribution >= 0.6 is 0 Å². The smallest absolute Gasteiger partial charge is 0.273 e. The molecule has 1 heterocycles. The van der Waals surface area contributed by atoms with Crippen LogP contribution in [0.2, 0.25) is 0 Å². The monoisotopic (exact) mass is 363 g/mol. The number of carbonyl (C=O) groups excluding carboxylic acids is 2. The Bertz CT molecular complexity index is 1040. The van der Waals surface area contributed by atoms with Crippen molar-refractivity contribution in [3.05, 3.63) is 76.8 Å². The Kier molecular flexibility index (Phi) is 5.68. The topological polar surface area (TPSA) is 105 Å². The maximum atomic E-state index is 12.3. The van der Waals surface area contributed by atoms with Crippen LogP contribution in [0.5, 0.6) is 0 Å². The molecule has 0 aliphatic heterocycles. The summed E-state index contributed by atoms with van der Waals surface area (Å²) in [5.41, 5.74) is 5.79. The fourth-order valence-electron chi connectivity index (χ4n) is 2.34. The van der Waals surface area contributed by atoms with E-state index in [4.69, 9.17) is 0 Å². The Labute approximate surface area is 154 Å². The molecule has 2 N–H and O–H groups in total. The van der Waals surface area contributed by atoms with E-state index in [-0.39, 0.29) is 18.4 Å². The fraction of sp³-hybridized carbons (Fsp3) is 0.105. The lowest BCUT2D eigenvalue weighted by atomic mass is 10.2. The van der Waals surface area contributed by atoms with E-state index in [9.17, 15) is 14.4 Å². The Hall–Kier alpha value is -3.81. The number of hydrogen-bond donors (Lipinski definition) is 2. The third-order valence-electron chi connectivity index (χ3n) is 3.69. The highest BCUT2D eigenvalue weighted by molar-refractivity contribution is 5.89. The van der Waals surface area contributed by atoms with Crippen molar-refractivity contribution < 1.29 is 9.59 Å². The normalized spacial score (nSPS) is 10.8. The van der Waals surface area contributed by atoms with Crippen molar-refractivity contribution in [2.75, 3.05) is 5.43 Å². The van der Waals surface area contributed by atoms with Crippen LogP contribution in [0.3, 0.4) is 0 Å². The molecule has 0 atom stereocenters. The van der Waals surface area contributed by atoms with Crippen LogP contribution in [0.25, 0.3) is 10.9 Å². The van der Waals surface area contributed by atoms with Gasteiger partial charge in [0.2, 0.25) is 11.8 Å². The van der Waals surface area contributed by atoms with Crippen LogP contribution in [-0.4, -0.2) is 27.7 Å². The minimum atomic E-state index is -0.476. The molecule has 0 saturated carbocycles. The van der Waals surface area contributed by atoms with Crippen LogP contribution in [-0.2, 0) is 9.59 Å². The Morgan fingerprint density at radius 1 is 1.00 bits per heavy atom. The molecule has 0 saturated heterocycles. The van der Waals surface area contributed by atoms with Gasteiger partial charge in [0.15, 0.2) is 0 Å². The molecule has 0 radical (unpaired) electrons. The van der Waals surface area contributed by atoms with Gasteiger partial charge >= 0.3 is 0 Å². The predicted octanol–water partition coefficient (Wildman–Crippen LogP) is 1.40. The fourth-order valence-corrected chi connectivity index (χ4v) is 2.34. The summed E-state index contributed by atoms with van der Waals surface area (Å²) in [6.07, 6.45) is 2.60. The lowest BCUT2D eigenvalue weighted by Gasteiger charge is -2.08. The van der Waals surface area contributed by atoms with Gasteiger partial charge in [-0.1, -0.05) is 42.5 Å². The van der Waals surface area contributed by atoms with E-state index in [0.29, 0.717) is 10.9 Å². The number of fused-ring (bicyclic) bond motifs is 1. The average molecular weight is 363 g/mol. The highest BCUT2D eigenvalue weighted by Crippen LogP contribution is 2.04. The Morgan fingerprint density at radius 2 is 1.70 bits per heavy atom. The van der Waals surface area contributed by atoms with E-state index < -0.39 is 11.8 Å². The standard InChI is InChI=1S/C19H17N5O3/c25-17(22-21-12-14-6-2-1-3-7-14)10-11-18(26)23-24-13-20-16-9-5-4-8-15(16)19(24)27/h1-9,12-13H,10-11H2,(H,22,25)(H,23,26). The first kappa shape index (κ1) is 18.0. The third-order valence-corrected chi connectivity index (χ3v) is 3.69. The molecule has 0 aliphatic rings. The van der Waals surface area contributed by atoms with Gasteiger partial charge in [-0.05, 0) is 17.7 Å². The summed E-state index contributed by atoms with van der Waals surface area (Å²) in [6, 6.07) is 16.1. The van der Waals surface area contributed by atoms with E-state index >= 15 is 0 Å². The summed E-state index contributed by atoms with van der Waals surface area (Å²) in [7, 11) is 0. The zero-order chi connectivity index (χ0) is 19.1. The quantitative estimate of drug-likeness (QED) is 0.510. The number of aromatic nitrogens is 2. The summed E-state index contributed by atoms with van der Waals surface area (Å²) in [5, 5.41) is 4.23. The summed E-state index contributed by atoms with van der Waals surface area (Å²) in [6.45, 7) is 0. The summed E-state index contributed by atoms with van der Waals surface area (Å²) < 4.78 is 1.01. The van der Waals surface area contributed by atoms with E-state index in [1.54, 1.807) is 24.3 Å². The van der Waals surface area contributed by atoms with Gasteiger partial charge in [0, 0.05) is 12.8 Å². The molecule has 8 nitrogen and oxygen atoms in total. The van der Waals surface area contributed by atoms with Gasteiger partial charge in [-0.3, -0.25) is 19.8 Å². The molecule has 0 fully saturated rings. The Balaban J connectivity index is 1.51. The average Bonchev–Trinajstić information content (AvgIpc) is 2.69. The number of amides is 2. The van der Waals surface area contributed by atoms with E-state index in [1.165, 1.54) is 12.5 Å². The van der Waals surface area contributed by atoms with E-state index in [1.807, 2.05) is 30.3 Å². The van der Waals surface area contributed by atoms with Gasteiger partial charge in [0.05, 0.1) is 17.1 Å². The molecule has 0 bridgehead atoms. The first-order chi connectivity index (χ1) is 13.1. The maximum absolute atomic E-state index is 12.3. The molecule has 27 heavy (non-hydrogen) atoms. The number of hydrazone groups is 1. The Morgan fingerprint density at radius 3 is 2.52 bits per heavy atom. The van der Waals surface area contributed by atoms with Gasteiger partial charge < -0.3 is 0 Å². The zero-order valence-electron chi connectivity index (χ0n) is 14.3. The van der Waals surface area contributed by atoms with Gasteiger partial charge in [-0.15, -0.1) is 0 Å². The van der Waals surface area contributed by atoms with Gasteiger partial charge in [0.25, 0.3) is 5.56 Å². The SMILES string of the molecule is O=C(CCC(=O)Nn1cnc2ccccc2c1=O)NN=Cc1ccccc1. The molecule has 0 aliphatic carbocycles. The number of para-hydroxylation sites is 1. The second-order valence-electron chi connectivity index (χ2n) is 5.68. The molecule has 3 aromatic rings. The molecule has 0 spiro atoms. The van der Waals surface area contributed by atoms with E-state index in [0.717, 1.165) is 10.2 Å². The number of nitrogens with zero attached hydrogens (tertiary/aromatic N) is 3. The second-order valence-corrected chi connectivity index (χ2v) is 5.68. The van der Waals surface area contributed by atoms with Gasteiger partial charge in [0.1, 0.15) is 6.33 Å². The molecule has 136 valence electrons. The van der Waals surface area contributed by atoms with Crippen molar-refractivity contribution >= 4 is 28.9 Å². The molecule has 2 amide bonds. The zero-order valence-corrected chi connectivity index (χ0v) is 14.3. The highest BCUT2D eigenvalue weighted by atomic mass is 16.2. The minimum absolute atomic E-state index is 0.0618. The molecular formula is C19H17N5O3. The summed E-state index contributed by atoms with van der Waals surface area (Å²) in [4.78, 5) is 40.1. The van der Waals surface area contributed by atoms with Crippen LogP contribution in [0.1, 0.15) is 18.4 Å². The predicted molar refractivity (Wildman–Crippen MR) is 102 cm³/mol. The number of carbonyl (C=O) groups is 2. The van der Waals surface area contributed by atoms with Crippen LogP contribution in [0.4, 0.5) is 0 Å². The lowest BCUT2D eigenvalue weighted by molar-refractivity contribution is -0.124. The van der Waals surface area contributed by atoms with Crippen molar-refractivity contribution in [2.24, 2.45) is 5.10 Å². The number of hydrogen-bond acceptors (Lipinski definition) is 5. The maximum Gasteiger partial charge on any atom is 0.280 e. The highest BCUT2D eigenvalue weighted by Gasteiger charge is 2.09. The molecule has 8 heteroatoms. The molecule has 2 aromatic carbocycles. The summed E-state index contributed by atoms with van der Waals surface area (Å²) >= 11 is 0. The largest absolute Gasteiger partial charge is 0.280 e. The minimum Gasteiger partial charge on any atom is -0.273 e. The van der Waals surface area contributed by atoms with E-state index in [2.05, 4.69) is 20.9 Å².